The normalized spacial score (nSPS) is 16.7. The minimum atomic E-state index is -0.653. The summed E-state index contributed by atoms with van der Waals surface area (Å²) in [5.74, 6) is -0.888. The number of allylic oxidation sites excluding steroid dienone is 2. The van der Waals surface area contributed by atoms with Crippen LogP contribution in [0.5, 0.6) is 0 Å². The Kier molecular flexibility index (Phi) is 4.99. The number of nitrogens with zero attached hydrogens (tertiary/aromatic N) is 2. The Bertz CT molecular complexity index is 912. The molecule has 0 saturated heterocycles. The number of ether oxygens (including phenoxy) is 2. The van der Waals surface area contributed by atoms with Crippen LogP contribution in [0.25, 0.3) is 0 Å². The van der Waals surface area contributed by atoms with Crippen LogP contribution in [0.2, 0.25) is 0 Å². The van der Waals surface area contributed by atoms with Gasteiger partial charge in [0.15, 0.2) is 0 Å². The van der Waals surface area contributed by atoms with E-state index in [4.69, 9.17) is 15.2 Å². The van der Waals surface area contributed by atoms with Crippen LogP contribution < -0.4 is 5.73 Å². The van der Waals surface area contributed by atoms with E-state index in [0.717, 1.165) is 5.56 Å². The zero-order valence-corrected chi connectivity index (χ0v) is 14.2. The number of benzene rings is 1. The van der Waals surface area contributed by atoms with Gasteiger partial charge in [-0.3, -0.25) is 4.98 Å². The molecule has 1 aromatic carbocycles. The second kappa shape index (κ2) is 7.53. The summed E-state index contributed by atoms with van der Waals surface area (Å²) >= 11 is 0. The van der Waals surface area contributed by atoms with Crippen molar-refractivity contribution >= 4 is 5.97 Å². The summed E-state index contributed by atoms with van der Waals surface area (Å²) in [5.41, 5.74) is 7.89. The van der Waals surface area contributed by atoms with Gasteiger partial charge in [0, 0.05) is 12.4 Å². The van der Waals surface area contributed by atoms with E-state index in [1.165, 1.54) is 0 Å². The summed E-state index contributed by atoms with van der Waals surface area (Å²) in [4.78, 5) is 16.8. The molecule has 0 saturated carbocycles. The predicted molar refractivity (Wildman–Crippen MR) is 93.8 cm³/mol. The highest BCUT2D eigenvalue weighted by Gasteiger charge is 2.36. The number of carbonyl (C=O) groups is 1. The van der Waals surface area contributed by atoms with Crippen LogP contribution in [-0.4, -0.2) is 11.0 Å². The third-order valence-electron chi connectivity index (χ3n) is 4.08. The summed E-state index contributed by atoms with van der Waals surface area (Å²) in [6, 6.07) is 14.9. The number of hydrogen-bond acceptors (Lipinski definition) is 6. The fourth-order valence-corrected chi connectivity index (χ4v) is 2.84. The summed E-state index contributed by atoms with van der Waals surface area (Å²) in [6.07, 6.45) is 3.19. The van der Waals surface area contributed by atoms with Gasteiger partial charge in [-0.05, 0) is 30.2 Å². The molecule has 0 spiro atoms. The first kappa shape index (κ1) is 17.2. The molecule has 6 nitrogen and oxygen atoms in total. The molecule has 1 aliphatic heterocycles. The van der Waals surface area contributed by atoms with Crippen molar-refractivity contribution in [1.29, 1.82) is 5.26 Å². The molecular weight excluding hydrogens is 330 g/mol. The highest BCUT2D eigenvalue weighted by molar-refractivity contribution is 5.92. The number of pyridine rings is 1. The highest BCUT2D eigenvalue weighted by Crippen LogP contribution is 2.39. The van der Waals surface area contributed by atoms with Gasteiger partial charge in [-0.15, -0.1) is 0 Å². The van der Waals surface area contributed by atoms with E-state index in [1.54, 1.807) is 31.5 Å². The van der Waals surface area contributed by atoms with Gasteiger partial charge in [-0.25, -0.2) is 4.79 Å². The maximum Gasteiger partial charge on any atom is 0.338 e. The lowest BCUT2D eigenvalue weighted by Gasteiger charge is -2.26. The van der Waals surface area contributed by atoms with Gasteiger partial charge in [-0.2, -0.15) is 5.26 Å². The van der Waals surface area contributed by atoms with Crippen molar-refractivity contribution in [2.24, 2.45) is 5.73 Å². The second-order valence-corrected chi connectivity index (χ2v) is 5.74. The molecule has 0 fully saturated rings. The van der Waals surface area contributed by atoms with Gasteiger partial charge in [0.05, 0.1) is 11.5 Å². The van der Waals surface area contributed by atoms with Crippen LogP contribution in [-0.2, 0) is 20.9 Å². The Hall–Kier alpha value is -3.59. The van der Waals surface area contributed by atoms with Gasteiger partial charge in [0.1, 0.15) is 24.0 Å². The molecule has 2 N–H and O–H groups in total. The molecule has 1 aliphatic rings. The number of esters is 1. The number of aromatic nitrogens is 1. The lowest BCUT2D eigenvalue weighted by molar-refractivity contribution is -0.140. The topological polar surface area (TPSA) is 98.2 Å². The zero-order valence-electron chi connectivity index (χ0n) is 14.2. The van der Waals surface area contributed by atoms with Crippen molar-refractivity contribution in [3.8, 4) is 6.07 Å². The first-order valence-electron chi connectivity index (χ1n) is 8.01. The Morgan fingerprint density at radius 3 is 2.62 bits per heavy atom. The number of hydrogen-bond donors (Lipinski definition) is 1. The lowest BCUT2D eigenvalue weighted by Crippen LogP contribution is -2.25. The zero-order chi connectivity index (χ0) is 18.5. The first-order chi connectivity index (χ1) is 12.6. The molecule has 0 radical (unpaired) electrons. The van der Waals surface area contributed by atoms with Crippen LogP contribution in [0, 0.1) is 11.3 Å². The van der Waals surface area contributed by atoms with E-state index >= 15 is 0 Å². The fraction of sp³-hybridized carbons (Fsp3) is 0.150. The molecule has 0 amide bonds. The van der Waals surface area contributed by atoms with Crippen LogP contribution in [0.15, 0.2) is 77.6 Å². The van der Waals surface area contributed by atoms with Gasteiger partial charge in [-0.1, -0.05) is 30.3 Å². The van der Waals surface area contributed by atoms with E-state index in [2.05, 4.69) is 4.98 Å². The SMILES string of the molecule is CC1=C(C(=O)OCc2ccccc2)[C@H](c2ccncc2)C(C#N)=C(N)O1. The molecule has 0 unspecified atom stereocenters. The molecule has 2 heterocycles. The van der Waals surface area contributed by atoms with Crippen molar-refractivity contribution in [3.05, 3.63) is 88.8 Å². The van der Waals surface area contributed by atoms with E-state index in [0.29, 0.717) is 11.3 Å². The molecule has 0 aliphatic carbocycles. The van der Waals surface area contributed by atoms with Crippen LogP contribution >= 0.6 is 0 Å². The van der Waals surface area contributed by atoms with Crippen molar-refractivity contribution in [3.63, 3.8) is 0 Å². The molecule has 2 aromatic rings. The predicted octanol–water partition coefficient (Wildman–Crippen LogP) is 2.91. The van der Waals surface area contributed by atoms with Gasteiger partial charge >= 0.3 is 5.97 Å². The molecule has 1 aromatic heterocycles. The molecule has 26 heavy (non-hydrogen) atoms. The smallest absolute Gasteiger partial charge is 0.338 e. The van der Waals surface area contributed by atoms with E-state index in [9.17, 15) is 10.1 Å². The maximum atomic E-state index is 12.8. The quantitative estimate of drug-likeness (QED) is 0.854. The Balaban J connectivity index is 1.93. The standard InChI is InChI=1S/C20H17N3O3/c1-13-17(20(24)25-12-14-5-3-2-4-6-14)18(15-7-9-23-10-8-15)16(11-21)19(22)26-13/h2-10,18H,12,22H2,1H3/t18-/m1/s1. The molecular formula is C20H17N3O3. The number of nitriles is 1. The van der Waals surface area contributed by atoms with Gasteiger partial charge in [0.2, 0.25) is 5.88 Å². The summed E-state index contributed by atoms with van der Waals surface area (Å²) in [5, 5.41) is 9.53. The average Bonchev–Trinajstić information content (AvgIpc) is 2.67. The minimum absolute atomic E-state index is 0.00794. The summed E-state index contributed by atoms with van der Waals surface area (Å²) in [6.45, 7) is 1.76. The molecule has 0 bridgehead atoms. The number of rotatable bonds is 4. The fourth-order valence-electron chi connectivity index (χ4n) is 2.84. The largest absolute Gasteiger partial charge is 0.457 e. The molecule has 1 atom stereocenters. The van der Waals surface area contributed by atoms with E-state index in [-0.39, 0.29) is 23.6 Å². The molecule has 6 heteroatoms. The van der Waals surface area contributed by atoms with E-state index in [1.807, 2.05) is 36.4 Å². The second-order valence-electron chi connectivity index (χ2n) is 5.74. The Labute approximate surface area is 151 Å². The van der Waals surface area contributed by atoms with Gasteiger partial charge < -0.3 is 15.2 Å². The maximum absolute atomic E-state index is 12.8. The summed E-state index contributed by atoms with van der Waals surface area (Å²) in [7, 11) is 0. The molecule has 3 rings (SSSR count). The first-order valence-corrected chi connectivity index (χ1v) is 8.01. The number of carbonyl (C=O) groups excluding carboxylic acids is 1. The Morgan fingerprint density at radius 1 is 1.27 bits per heavy atom. The average molecular weight is 347 g/mol. The minimum Gasteiger partial charge on any atom is -0.457 e. The van der Waals surface area contributed by atoms with Gasteiger partial charge in [0.25, 0.3) is 0 Å². The number of nitrogens with two attached hydrogens (primary N) is 1. The van der Waals surface area contributed by atoms with Crippen molar-refractivity contribution < 1.29 is 14.3 Å². The molecule has 130 valence electrons. The third kappa shape index (κ3) is 3.42. The van der Waals surface area contributed by atoms with Crippen LogP contribution in [0.3, 0.4) is 0 Å². The van der Waals surface area contributed by atoms with Crippen molar-refractivity contribution in [2.75, 3.05) is 0 Å². The van der Waals surface area contributed by atoms with Crippen LogP contribution in [0.1, 0.15) is 24.0 Å². The lowest BCUT2D eigenvalue weighted by atomic mass is 9.83. The monoisotopic (exact) mass is 347 g/mol. The van der Waals surface area contributed by atoms with E-state index < -0.39 is 11.9 Å². The Morgan fingerprint density at radius 2 is 1.96 bits per heavy atom. The van der Waals surface area contributed by atoms with Crippen LogP contribution in [0.4, 0.5) is 0 Å². The van der Waals surface area contributed by atoms with Crippen molar-refractivity contribution in [1.82, 2.24) is 4.98 Å². The highest BCUT2D eigenvalue weighted by atomic mass is 16.5. The summed E-state index contributed by atoms with van der Waals surface area (Å²) < 4.78 is 10.9. The third-order valence-corrected chi connectivity index (χ3v) is 4.08. The van der Waals surface area contributed by atoms with Crippen molar-refractivity contribution in [2.45, 2.75) is 19.4 Å².